The summed E-state index contributed by atoms with van der Waals surface area (Å²) >= 11 is 3.36. The van der Waals surface area contributed by atoms with Crippen molar-refractivity contribution in [1.29, 1.82) is 0 Å². The molecule has 0 saturated carbocycles. The van der Waals surface area contributed by atoms with E-state index in [1.54, 1.807) is 16.7 Å². The van der Waals surface area contributed by atoms with E-state index in [-0.39, 0.29) is 12.1 Å². The predicted octanol–water partition coefficient (Wildman–Crippen LogP) is 2.76. The van der Waals surface area contributed by atoms with Crippen molar-refractivity contribution in [3.8, 4) is 0 Å². The summed E-state index contributed by atoms with van der Waals surface area (Å²) in [5.74, 6) is 0. The standard InChI is InChI=1S/C14H18BrN3O3/c1-2-21-14(20)18-8-6-17(7-9-18)13(19)16-12-5-3-4-11(15)10-12/h3-5,10H,2,6-9H2,1H3,(H,16,19). The van der Waals surface area contributed by atoms with Crippen molar-refractivity contribution in [1.82, 2.24) is 9.80 Å². The second kappa shape index (κ2) is 7.31. The molecule has 2 rings (SSSR count). The lowest BCUT2D eigenvalue weighted by Crippen LogP contribution is -2.51. The zero-order chi connectivity index (χ0) is 15.2. The summed E-state index contributed by atoms with van der Waals surface area (Å²) in [4.78, 5) is 27.0. The Morgan fingerprint density at radius 1 is 1.24 bits per heavy atom. The molecule has 1 aromatic carbocycles. The fraction of sp³-hybridized carbons (Fsp3) is 0.429. The molecule has 7 heteroatoms. The molecule has 1 aliphatic rings. The number of halogens is 1. The van der Waals surface area contributed by atoms with Crippen LogP contribution in [0, 0.1) is 0 Å². The van der Waals surface area contributed by atoms with Gasteiger partial charge in [0.1, 0.15) is 0 Å². The Kier molecular flexibility index (Phi) is 5.44. The van der Waals surface area contributed by atoms with Crippen molar-refractivity contribution in [3.05, 3.63) is 28.7 Å². The number of hydrogen-bond donors (Lipinski definition) is 1. The van der Waals surface area contributed by atoms with Crippen molar-refractivity contribution < 1.29 is 14.3 Å². The molecule has 21 heavy (non-hydrogen) atoms. The van der Waals surface area contributed by atoms with E-state index in [0.29, 0.717) is 32.8 Å². The minimum atomic E-state index is -0.315. The first kappa shape index (κ1) is 15.6. The molecule has 0 bridgehead atoms. The summed E-state index contributed by atoms with van der Waals surface area (Å²) in [7, 11) is 0. The van der Waals surface area contributed by atoms with Gasteiger partial charge in [0, 0.05) is 36.3 Å². The minimum Gasteiger partial charge on any atom is -0.450 e. The summed E-state index contributed by atoms with van der Waals surface area (Å²) in [6.45, 7) is 4.12. The zero-order valence-corrected chi connectivity index (χ0v) is 13.4. The molecule has 1 heterocycles. The summed E-state index contributed by atoms with van der Waals surface area (Å²) < 4.78 is 5.86. The molecule has 3 amide bonds. The highest BCUT2D eigenvalue weighted by molar-refractivity contribution is 9.10. The van der Waals surface area contributed by atoms with Gasteiger partial charge in [-0.15, -0.1) is 0 Å². The lowest BCUT2D eigenvalue weighted by molar-refractivity contribution is 0.0868. The van der Waals surface area contributed by atoms with E-state index in [0.717, 1.165) is 10.2 Å². The van der Waals surface area contributed by atoms with Crippen molar-refractivity contribution in [2.45, 2.75) is 6.92 Å². The number of piperazine rings is 1. The van der Waals surface area contributed by atoms with Gasteiger partial charge in [-0.25, -0.2) is 9.59 Å². The fourth-order valence-electron chi connectivity index (χ4n) is 2.08. The number of carbonyl (C=O) groups excluding carboxylic acids is 2. The Labute approximate surface area is 132 Å². The summed E-state index contributed by atoms with van der Waals surface area (Å²) in [6, 6.07) is 7.27. The van der Waals surface area contributed by atoms with Gasteiger partial charge in [-0.05, 0) is 25.1 Å². The van der Waals surface area contributed by atoms with Crippen LogP contribution in [-0.2, 0) is 4.74 Å². The number of carbonyl (C=O) groups is 2. The van der Waals surface area contributed by atoms with Gasteiger partial charge in [0.05, 0.1) is 6.61 Å². The Morgan fingerprint density at radius 2 is 1.90 bits per heavy atom. The summed E-state index contributed by atoms with van der Waals surface area (Å²) in [6.07, 6.45) is -0.315. The van der Waals surface area contributed by atoms with Gasteiger partial charge >= 0.3 is 12.1 Å². The van der Waals surface area contributed by atoms with Crippen LogP contribution in [0.4, 0.5) is 15.3 Å². The fourth-order valence-corrected chi connectivity index (χ4v) is 2.47. The van der Waals surface area contributed by atoms with Crippen molar-refractivity contribution in [2.24, 2.45) is 0 Å². The van der Waals surface area contributed by atoms with E-state index in [4.69, 9.17) is 4.74 Å². The molecular weight excluding hydrogens is 338 g/mol. The Balaban J connectivity index is 1.84. The molecule has 0 aliphatic carbocycles. The van der Waals surface area contributed by atoms with E-state index in [1.165, 1.54) is 0 Å². The van der Waals surface area contributed by atoms with Crippen LogP contribution in [0.3, 0.4) is 0 Å². The third-order valence-electron chi connectivity index (χ3n) is 3.17. The topological polar surface area (TPSA) is 61.9 Å². The zero-order valence-electron chi connectivity index (χ0n) is 11.8. The van der Waals surface area contributed by atoms with Crippen molar-refractivity contribution in [3.63, 3.8) is 0 Å². The first-order chi connectivity index (χ1) is 10.1. The number of nitrogens with one attached hydrogen (secondary N) is 1. The molecule has 0 radical (unpaired) electrons. The lowest BCUT2D eigenvalue weighted by Gasteiger charge is -2.34. The SMILES string of the molecule is CCOC(=O)N1CCN(C(=O)Nc2cccc(Br)c2)CC1. The van der Waals surface area contributed by atoms with Gasteiger partial charge in [0.2, 0.25) is 0 Å². The monoisotopic (exact) mass is 355 g/mol. The molecule has 6 nitrogen and oxygen atoms in total. The van der Waals surface area contributed by atoms with Gasteiger partial charge in [-0.3, -0.25) is 0 Å². The molecule has 114 valence electrons. The Morgan fingerprint density at radius 3 is 2.52 bits per heavy atom. The van der Waals surface area contributed by atoms with E-state index < -0.39 is 0 Å². The van der Waals surface area contributed by atoms with Crippen LogP contribution in [0.5, 0.6) is 0 Å². The quantitative estimate of drug-likeness (QED) is 0.887. The van der Waals surface area contributed by atoms with Crippen LogP contribution in [0.2, 0.25) is 0 Å². The van der Waals surface area contributed by atoms with E-state index in [1.807, 2.05) is 24.3 Å². The van der Waals surface area contributed by atoms with Crippen LogP contribution in [0.15, 0.2) is 28.7 Å². The number of urea groups is 1. The number of amides is 3. The second-order valence-corrected chi connectivity index (χ2v) is 5.53. The van der Waals surface area contributed by atoms with Gasteiger partial charge in [-0.2, -0.15) is 0 Å². The maximum Gasteiger partial charge on any atom is 0.409 e. The number of ether oxygens (including phenoxy) is 1. The van der Waals surface area contributed by atoms with Crippen LogP contribution < -0.4 is 5.32 Å². The molecule has 0 spiro atoms. The van der Waals surface area contributed by atoms with Gasteiger partial charge < -0.3 is 19.9 Å². The third kappa shape index (κ3) is 4.35. The molecule has 1 fully saturated rings. The summed E-state index contributed by atoms with van der Waals surface area (Å²) in [5, 5.41) is 2.84. The van der Waals surface area contributed by atoms with Gasteiger partial charge in [0.15, 0.2) is 0 Å². The third-order valence-corrected chi connectivity index (χ3v) is 3.66. The average molecular weight is 356 g/mol. The van der Waals surface area contributed by atoms with Crippen molar-refractivity contribution >= 4 is 33.7 Å². The Bertz CT molecular complexity index is 516. The highest BCUT2D eigenvalue weighted by Crippen LogP contribution is 2.16. The van der Waals surface area contributed by atoms with Crippen LogP contribution >= 0.6 is 15.9 Å². The number of anilines is 1. The number of benzene rings is 1. The van der Waals surface area contributed by atoms with Crippen LogP contribution in [0.25, 0.3) is 0 Å². The van der Waals surface area contributed by atoms with Crippen molar-refractivity contribution in [2.75, 3.05) is 38.1 Å². The molecule has 1 saturated heterocycles. The van der Waals surface area contributed by atoms with E-state index >= 15 is 0 Å². The molecule has 0 aromatic heterocycles. The highest BCUT2D eigenvalue weighted by atomic mass is 79.9. The number of rotatable bonds is 2. The van der Waals surface area contributed by atoms with Gasteiger partial charge in [-0.1, -0.05) is 22.0 Å². The lowest BCUT2D eigenvalue weighted by atomic mass is 10.3. The summed E-state index contributed by atoms with van der Waals surface area (Å²) in [5.41, 5.74) is 0.738. The van der Waals surface area contributed by atoms with Crippen LogP contribution in [0.1, 0.15) is 6.92 Å². The average Bonchev–Trinajstić information content (AvgIpc) is 2.47. The smallest absolute Gasteiger partial charge is 0.409 e. The molecule has 1 aliphatic heterocycles. The highest BCUT2D eigenvalue weighted by Gasteiger charge is 2.24. The normalized spacial score (nSPS) is 14.8. The maximum atomic E-state index is 12.1. The molecular formula is C14H18BrN3O3. The van der Waals surface area contributed by atoms with E-state index in [2.05, 4.69) is 21.2 Å². The first-order valence-corrected chi connectivity index (χ1v) is 7.62. The van der Waals surface area contributed by atoms with Gasteiger partial charge in [0.25, 0.3) is 0 Å². The first-order valence-electron chi connectivity index (χ1n) is 6.83. The second-order valence-electron chi connectivity index (χ2n) is 4.61. The minimum absolute atomic E-state index is 0.156. The molecule has 0 unspecified atom stereocenters. The molecule has 0 atom stereocenters. The molecule has 1 N–H and O–H groups in total. The van der Waals surface area contributed by atoms with E-state index in [9.17, 15) is 9.59 Å². The maximum absolute atomic E-state index is 12.1. The number of hydrogen-bond acceptors (Lipinski definition) is 3. The largest absolute Gasteiger partial charge is 0.450 e. The van der Waals surface area contributed by atoms with Crippen LogP contribution in [-0.4, -0.2) is 54.7 Å². The Hall–Kier alpha value is -1.76. The number of nitrogens with zero attached hydrogens (tertiary/aromatic N) is 2. The molecule has 1 aromatic rings. The predicted molar refractivity (Wildman–Crippen MR) is 83.3 cm³/mol.